The Labute approximate surface area is 185 Å². The van der Waals surface area contributed by atoms with Gasteiger partial charge in [-0.1, -0.05) is 6.07 Å². The van der Waals surface area contributed by atoms with E-state index in [4.69, 9.17) is 0 Å². The van der Waals surface area contributed by atoms with Gasteiger partial charge >= 0.3 is 6.03 Å². The highest BCUT2D eigenvalue weighted by molar-refractivity contribution is 7.83. The fourth-order valence-corrected chi connectivity index (χ4v) is 5.28. The summed E-state index contributed by atoms with van der Waals surface area (Å²) in [4.78, 5) is 26.6. The molecule has 1 unspecified atom stereocenters. The first-order valence-electron chi connectivity index (χ1n) is 10.6. The molecule has 1 aromatic heterocycles. The number of aromatic nitrogens is 2. The van der Waals surface area contributed by atoms with E-state index >= 15 is 0 Å². The van der Waals surface area contributed by atoms with Crippen LogP contribution in [-0.2, 0) is 47.0 Å². The molecule has 2 N–H and O–H groups in total. The summed E-state index contributed by atoms with van der Waals surface area (Å²) in [6.07, 6.45) is 7.80. The van der Waals surface area contributed by atoms with Gasteiger partial charge in [-0.2, -0.15) is 5.10 Å². The first kappa shape index (κ1) is 21.5. The highest BCUT2D eigenvalue weighted by atomic mass is 32.2. The van der Waals surface area contributed by atoms with Crippen molar-refractivity contribution in [1.29, 1.82) is 0 Å². The Morgan fingerprint density at radius 1 is 1.10 bits per heavy atom. The third-order valence-corrected chi connectivity index (χ3v) is 7.12. The lowest BCUT2D eigenvalue weighted by Gasteiger charge is -2.27. The SMILES string of the molecule is CN(C)C(=O)C(C)(C)n1ccc(S(=O)NC(=O)Nc2c3c(cc4c2CCC4)CCC3)n1. The van der Waals surface area contributed by atoms with Gasteiger partial charge in [-0.3, -0.25) is 14.2 Å². The van der Waals surface area contributed by atoms with E-state index < -0.39 is 22.6 Å². The molecule has 8 nitrogen and oxygen atoms in total. The number of nitrogens with zero attached hydrogens (tertiary/aromatic N) is 3. The standard InChI is InChI=1S/C22H29N5O3S/c1-22(2,20(28)26(3)4)27-12-11-18(24-27)31(30)25-21(29)23-19-16-9-5-7-14(16)13-15-8-6-10-17(15)19/h11-13H,5-10H2,1-4H3,(H2,23,25,29). The average Bonchev–Trinajstić information content (AvgIpc) is 3.46. The summed E-state index contributed by atoms with van der Waals surface area (Å²) >= 11 is 0. The van der Waals surface area contributed by atoms with Crippen LogP contribution in [0.25, 0.3) is 0 Å². The molecular weight excluding hydrogens is 414 g/mol. The summed E-state index contributed by atoms with van der Waals surface area (Å²) in [5.74, 6) is -0.134. The van der Waals surface area contributed by atoms with Gasteiger partial charge in [0.2, 0.25) is 5.91 Å². The number of rotatable bonds is 5. The summed E-state index contributed by atoms with van der Waals surface area (Å²) in [5, 5.41) is 7.46. The zero-order chi connectivity index (χ0) is 22.3. The number of hydrogen-bond acceptors (Lipinski definition) is 4. The van der Waals surface area contributed by atoms with Gasteiger partial charge in [-0.15, -0.1) is 0 Å². The van der Waals surface area contributed by atoms with Crippen molar-refractivity contribution in [1.82, 2.24) is 19.4 Å². The fraction of sp³-hybridized carbons (Fsp3) is 0.500. The summed E-state index contributed by atoms with van der Waals surface area (Å²) in [6.45, 7) is 3.48. The highest BCUT2D eigenvalue weighted by Gasteiger charge is 2.32. The third-order valence-electron chi connectivity index (χ3n) is 6.15. The van der Waals surface area contributed by atoms with Crippen LogP contribution in [0.1, 0.15) is 48.9 Å². The number of aryl methyl sites for hydroxylation is 2. The molecule has 0 aliphatic heterocycles. The van der Waals surface area contributed by atoms with Crippen molar-refractivity contribution in [3.8, 4) is 0 Å². The highest BCUT2D eigenvalue weighted by Crippen LogP contribution is 2.38. The largest absolute Gasteiger partial charge is 0.347 e. The van der Waals surface area contributed by atoms with E-state index in [1.165, 1.54) is 31.8 Å². The molecule has 2 aliphatic carbocycles. The number of anilines is 1. The van der Waals surface area contributed by atoms with Crippen molar-refractivity contribution in [2.45, 2.75) is 62.9 Å². The number of carbonyl (C=O) groups is 2. The first-order valence-corrected chi connectivity index (χ1v) is 11.8. The number of urea groups is 1. The Kier molecular flexibility index (Phi) is 5.63. The van der Waals surface area contributed by atoms with E-state index in [1.807, 2.05) is 0 Å². The number of hydrogen-bond donors (Lipinski definition) is 2. The van der Waals surface area contributed by atoms with Gasteiger partial charge in [0.15, 0.2) is 16.0 Å². The van der Waals surface area contributed by atoms with Crippen LogP contribution in [0.4, 0.5) is 10.5 Å². The van der Waals surface area contributed by atoms with Gasteiger partial charge in [0.05, 0.1) is 0 Å². The number of carbonyl (C=O) groups excluding carboxylic acids is 2. The smallest absolute Gasteiger partial charge is 0.331 e. The molecule has 0 radical (unpaired) electrons. The predicted octanol–water partition coefficient (Wildman–Crippen LogP) is 2.53. The number of benzene rings is 1. The molecule has 166 valence electrons. The number of likely N-dealkylation sites (N-methyl/N-ethyl adjacent to an activating group) is 1. The van der Waals surface area contributed by atoms with Gasteiger partial charge in [0.1, 0.15) is 5.54 Å². The quantitative estimate of drug-likeness (QED) is 0.742. The molecule has 2 aliphatic rings. The Morgan fingerprint density at radius 2 is 1.71 bits per heavy atom. The van der Waals surface area contributed by atoms with Crippen LogP contribution in [0.3, 0.4) is 0 Å². The maximum atomic E-state index is 12.7. The molecule has 0 spiro atoms. The van der Waals surface area contributed by atoms with Crippen molar-refractivity contribution >= 4 is 28.6 Å². The van der Waals surface area contributed by atoms with Crippen molar-refractivity contribution in [3.05, 3.63) is 40.6 Å². The lowest BCUT2D eigenvalue weighted by atomic mass is 9.99. The molecule has 1 heterocycles. The molecule has 4 rings (SSSR count). The Balaban J connectivity index is 1.48. The van der Waals surface area contributed by atoms with Crippen molar-refractivity contribution in [2.75, 3.05) is 19.4 Å². The van der Waals surface area contributed by atoms with E-state index in [9.17, 15) is 13.8 Å². The number of nitrogens with one attached hydrogen (secondary N) is 2. The van der Waals surface area contributed by atoms with E-state index in [0.717, 1.165) is 44.2 Å². The molecule has 31 heavy (non-hydrogen) atoms. The average molecular weight is 444 g/mol. The molecule has 0 saturated heterocycles. The molecule has 1 atom stereocenters. The van der Waals surface area contributed by atoms with E-state index in [2.05, 4.69) is 21.2 Å². The van der Waals surface area contributed by atoms with Crippen molar-refractivity contribution in [2.24, 2.45) is 0 Å². The van der Waals surface area contributed by atoms with E-state index in [1.54, 1.807) is 40.2 Å². The monoisotopic (exact) mass is 443 g/mol. The van der Waals surface area contributed by atoms with Crippen molar-refractivity contribution in [3.63, 3.8) is 0 Å². The molecule has 2 aromatic rings. The number of amides is 3. The molecular formula is C22H29N5O3S. The van der Waals surface area contributed by atoms with Gasteiger partial charge in [0.25, 0.3) is 0 Å². The summed E-state index contributed by atoms with van der Waals surface area (Å²) < 4.78 is 16.7. The van der Waals surface area contributed by atoms with Crippen LogP contribution in [0, 0.1) is 0 Å². The minimum absolute atomic E-state index is 0.134. The van der Waals surface area contributed by atoms with Gasteiger partial charge in [-0.05, 0) is 80.7 Å². The third kappa shape index (κ3) is 3.98. The van der Waals surface area contributed by atoms with Crippen LogP contribution in [0.2, 0.25) is 0 Å². The molecule has 0 bridgehead atoms. The van der Waals surface area contributed by atoms with Gasteiger partial charge in [0, 0.05) is 26.0 Å². The first-order chi connectivity index (χ1) is 14.7. The normalized spacial score (nSPS) is 15.9. The topological polar surface area (TPSA) is 96.3 Å². The predicted molar refractivity (Wildman–Crippen MR) is 119 cm³/mol. The Morgan fingerprint density at radius 3 is 2.29 bits per heavy atom. The summed E-state index contributed by atoms with van der Waals surface area (Å²) in [6, 6.07) is 3.35. The number of fused-ring (bicyclic) bond motifs is 2. The fourth-order valence-electron chi connectivity index (χ4n) is 4.61. The van der Waals surface area contributed by atoms with Crippen LogP contribution in [0.5, 0.6) is 0 Å². The molecule has 9 heteroatoms. The molecule has 3 amide bonds. The molecule has 0 fully saturated rings. The van der Waals surface area contributed by atoms with E-state index in [0.29, 0.717) is 0 Å². The van der Waals surface area contributed by atoms with Crippen LogP contribution in [-0.4, -0.2) is 44.9 Å². The van der Waals surface area contributed by atoms with Crippen LogP contribution < -0.4 is 10.0 Å². The lowest BCUT2D eigenvalue weighted by molar-refractivity contribution is -0.137. The van der Waals surface area contributed by atoms with Gasteiger partial charge < -0.3 is 10.2 Å². The Hall–Kier alpha value is -2.68. The van der Waals surface area contributed by atoms with Crippen LogP contribution >= 0.6 is 0 Å². The zero-order valence-electron chi connectivity index (χ0n) is 18.4. The molecule has 1 aromatic carbocycles. The molecule has 0 saturated carbocycles. The minimum atomic E-state index is -1.84. The second kappa shape index (κ2) is 8.11. The summed E-state index contributed by atoms with van der Waals surface area (Å²) in [7, 11) is 1.51. The zero-order valence-corrected chi connectivity index (χ0v) is 19.3. The van der Waals surface area contributed by atoms with Crippen LogP contribution in [0.15, 0.2) is 23.4 Å². The van der Waals surface area contributed by atoms with E-state index in [-0.39, 0.29) is 10.9 Å². The Bertz CT molecular complexity index is 1040. The maximum Gasteiger partial charge on any atom is 0.331 e. The lowest BCUT2D eigenvalue weighted by Crippen LogP contribution is -2.44. The van der Waals surface area contributed by atoms with Gasteiger partial charge in [-0.25, -0.2) is 9.00 Å². The second-order valence-corrected chi connectivity index (χ2v) is 10.1. The second-order valence-electron chi connectivity index (χ2n) is 8.92. The summed E-state index contributed by atoms with van der Waals surface area (Å²) in [5.41, 5.74) is 5.05. The maximum absolute atomic E-state index is 12.7. The van der Waals surface area contributed by atoms with Crippen molar-refractivity contribution < 1.29 is 13.8 Å². The minimum Gasteiger partial charge on any atom is -0.347 e.